The van der Waals surface area contributed by atoms with Crippen LogP contribution in [-0.2, 0) is 31.1 Å². The molecule has 1 amide bonds. The molecule has 11 heteroatoms. The third-order valence-corrected chi connectivity index (χ3v) is 9.81. The Balaban J connectivity index is 1.61. The standard InChI is InChI=1S/C20H26N4O5S2/c1-13-19(31(28,29)23-10-8-16-6-4-5-7-18(16)23)14(2)24(22-13)15(3)20(25)21-17-9-11-30(26,27)12-17/h4-7,15,17H,8-12H2,1-3H3,(H,21,25)/t15-,17+/m1/s1. The first-order valence-electron chi connectivity index (χ1n) is 10.2. The van der Waals surface area contributed by atoms with E-state index in [4.69, 9.17) is 0 Å². The van der Waals surface area contributed by atoms with Gasteiger partial charge in [-0.15, -0.1) is 0 Å². The Morgan fingerprint density at radius 2 is 1.97 bits per heavy atom. The molecule has 1 fully saturated rings. The van der Waals surface area contributed by atoms with Crippen LogP contribution in [-0.4, -0.2) is 56.6 Å². The number of carbonyl (C=O) groups is 1. The van der Waals surface area contributed by atoms with Crippen molar-refractivity contribution in [1.29, 1.82) is 0 Å². The maximum atomic E-state index is 13.5. The lowest BCUT2D eigenvalue weighted by atomic mass is 10.2. The zero-order valence-electron chi connectivity index (χ0n) is 17.7. The van der Waals surface area contributed by atoms with E-state index in [0.717, 1.165) is 5.56 Å². The van der Waals surface area contributed by atoms with Crippen LogP contribution in [0.25, 0.3) is 0 Å². The van der Waals surface area contributed by atoms with Crippen LogP contribution >= 0.6 is 0 Å². The van der Waals surface area contributed by atoms with Gasteiger partial charge in [0.1, 0.15) is 10.9 Å². The van der Waals surface area contributed by atoms with E-state index < -0.39 is 31.9 Å². The van der Waals surface area contributed by atoms with E-state index in [9.17, 15) is 21.6 Å². The molecule has 0 aliphatic carbocycles. The summed E-state index contributed by atoms with van der Waals surface area (Å²) in [6, 6.07) is 6.20. The van der Waals surface area contributed by atoms with Crippen LogP contribution in [0.2, 0.25) is 0 Å². The topological polar surface area (TPSA) is 118 Å². The van der Waals surface area contributed by atoms with E-state index in [-0.39, 0.29) is 22.3 Å². The molecule has 31 heavy (non-hydrogen) atoms. The summed E-state index contributed by atoms with van der Waals surface area (Å²) in [5.41, 5.74) is 2.35. The molecular weight excluding hydrogens is 440 g/mol. The number of carbonyl (C=O) groups excluding carboxylic acids is 1. The van der Waals surface area contributed by atoms with Crippen LogP contribution in [0.1, 0.15) is 36.3 Å². The van der Waals surface area contributed by atoms with Gasteiger partial charge in [0, 0.05) is 12.6 Å². The molecule has 2 aliphatic heterocycles. The molecule has 0 unspecified atom stereocenters. The molecule has 0 bridgehead atoms. The minimum atomic E-state index is -3.85. The summed E-state index contributed by atoms with van der Waals surface area (Å²) in [5.74, 6) is -0.397. The first-order chi connectivity index (χ1) is 14.5. The van der Waals surface area contributed by atoms with Crippen molar-refractivity contribution in [3.8, 4) is 0 Å². The average molecular weight is 467 g/mol. The molecule has 168 valence electrons. The van der Waals surface area contributed by atoms with Gasteiger partial charge in [-0.05, 0) is 45.2 Å². The number of para-hydroxylation sites is 1. The molecule has 2 aliphatic rings. The molecule has 2 atom stereocenters. The minimum absolute atomic E-state index is 0.0614. The number of aryl methyl sites for hydroxylation is 1. The first kappa shape index (κ1) is 21.8. The van der Waals surface area contributed by atoms with Gasteiger partial charge in [0.2, 0.25) is 5.91 Å². The van der Waals surface area contributed by atoms with Crippen molar-refractivity contribution in [2.24, 2.45) is 0 Å². The van der Waals surface area contributed by atoms with Crippen LogP contribution in [0.15, 0.2) is 29.2 Å². The molecule has 9 nitrogen and oxygen atoms in total. The van der Waals surface area contributed by atoms with Crippen molar-refractivity contribution in [3.05, 3.63) is 41.2 Å². The second kappa shape index (κ2) is 7.63. The van der Waals surface area contributed by atoms with Gasteiger partial charge >= 0.3 is 0 Å². The van der Waals surface area contributed by atoms with E-state index in [1.165, 1.54) is 8.99 Å². The SMILES string of the molecule is Cc1nn([C@H](C)C(=O)N[C@H]2CCS(=O)(=O)C2)c(C)c1S(=O)(=O)N1CCc2ccccc21. The predicted molar refractivity (Wildman–Crippen MR) is 116 cm³/mol. The van der Waals surface area contributed by atoms with Crippen LogP contribution in [0.3, 0.4) is 0 Å². The van der Waals surface area contributed by atoms with Crippen molar-refractivity contribution in [1.82, 2.24) is 15.1 Å². The van der Waals surface area contributed by atoms with E-state index in [2.05, 4.69) is 10.4 Å². The normalized spacial score (nSPS) is 21.1. The molecular formula is C20H26N4O5S2. The molecule has 1 N–H and O–H groups in total. The fourth-order valence-corrected chi connectivity index (χ4v) is 7.95. The lowest BCUT2D eigenvalue weighted by molar-refractivity contribution is -0.124. The lowest BCUT2D eigenvalue weighted by Gasteiger charge is -2.20. The van der Waals surface area contributed by atoms with Gasteiger partial charge in [0.25, 0.3) is 10.0 Å². The molecule has 1 aromatic carbocycles. The van der Waals surface area contributed by atoms with Gasteiger partial charge in [-0.1, -0.05) is 18.2 Å². The number of rotatable bonds is 5. The second-order valence-electron chi connectivity index (χ2n) is 8.18. The number of hydrogen-bond donors (Lipinski definition) is 1. The Bertz CT molecular complexity index is 1250. The number of amides is 1. The van der Waals surface area contributed by atoms with E-state index in [0.29, 0.717) is 36.5 Å². The molecule has 4 rings (SSSR count). The maximum absolute atomic E-state index is 13.5. The zero-order valence-corrected chi connectivity index (χ0v) is 19.3. The number of benzene rings is 1. The lowest BCUT2D eigenvalue weighted by Crippen LogP contribution is -2.40. The van der Waals surface area contributed by atoms with Gasteiger partial charge in [-0.25, -0.2) is 16.8 Å². The Labute approximate surface area is 182 Å². The van der Waals surface area contributed by atoms with Gasteiger partial charge in [-0.2, -0.15) is 5.10 Å². The molecule has 3 heterocycles. The minimum Gasteiger partial charge on any atom is -0.350 e. The van der Waals surface area contributed by atoms with Crippen molar-refractivity contribution >= 4 is 31.5 Å². The van der Waals surface area contributed by atoms with Crippen LogP contribution < -0.4 is 9.62 Å². The monoisotopic (exact) mass is 466 g/mol. The zero-order chi connectivity index (χ0) is 22.6. The Kier molecular flexibility index (Phi) is 5.37. The number of hydrogen-bond acceptors (Lipinski definition) is 6. The van der Waals surface area contributed by atoms with Crippen molar-refractivity contribution in [2.75, 3.05) is 22.4 Å². The summed E-state index contributed by atoms with van der Waals surface area (Å²) in [6.07, 6.45) is 1.02. The second-order valence-corrected chi connectivity index (χ2v) is 12.2. The number of nitrogens with one attached hydrogen (secondary N) is 1. The summed E-state index contributed by atoms with van der Waals surface area (Å²) in [7, 11) is -6.97. The largest absolute Gasteiger partial charge is 0.350 e. The number of aromatic nitrogens is 2. The third kappa shape index (κ3) is 3.84. The third-order valence-electron chi connectivity index (χ3n) is 5.98. The molecule has 0 spiro atoms. The van der Waals surface area contributed by atoms with Gasteiger partial charge in [-0.3, -0.25) is 13.8 Å². The summed E-state index contributed by atoms with van der Waals surface area (Å²) in [4.78, 5) is 12.8. The maximum Gasteiger partial charge on any atom is 0.268 e. The summed E-state index contributed by atoms with van der Waals surface area (Å²) >= 11 is 0. The highest BCUT2D eigenvalue weighted by molar-refractivity contribution is 7.93. The predicted octanol–water partition coefficient (Wildman–Crippen LogP) is 1.12. The fraction of sp³-hybridized carbons (Fsp3) is 0.500. The highest BCUT2D eigenvalue weighted by atomic mass is 32.2. The molecule has 2 aromatic rings. The van der Waals surface area contributed by atoms with Crippen LogP contribution in [0.4, 0.5) is 5.69 Å². The van der Waals surface area contributed by atoms with Gasteiger partial charge in [0.15, 0.2) is 9.84 Å². The summed E-state index contributed by atoms with van der Waals surface area (Å²) in [6.45, 7) is 5.24. The van der Waals surface area contributed by atoms with Gasteiger partial charge in [0.05, 0.1) is 28.6 Å². The smallest absolute Gasteiger partial charge is 0.268 e. The molecule has 1 aromatic heterocycles. The van der Waals surface area contributed by atoms with Crippen LogP contribution in [0, 0.1) is 13.8 Å². The summed E-state index contributed by atoms with van der Waals surface area (Å²) in [5, 5.41) is 7.12. The fourth-order valence-electron chi connectivity index (χ4n) is 4.41. The van der Waals surface area contributed by atoms with Crippen LogP contribution in [0.5, 0.6) is 0 Å². The van der Waals surface area contributed by atoms with Crippen molar-refractivity contribution < 1.29 is 21.6 Å². The highest BCUT2D eigenvalue weighted by Gasteiger charge is 2.36. The summed E-state index contributed by atoms with van der Waals surface area (Å²) < 4.78 is 53.1. The number of nitrogens with zero attached hydrogens (tertiary/aromatic N) is 3. The average Bonchev–Trinajstić information content (AvgIpc) is 3.36. The number of anilines is 1. The first-order valence-corrected chi connectivity index (χ1v) is 13.4. The number of sulfonamides is 1. The van der Waals surface area contributed by atoms with E-state index >= 15 is 0 Å². The van der Waals surface area contributed by atoms with E-state index in [1.807, 2.05) is 18.2 Å². The Morgan fingerprint density at radius 3 is 2.65 bits per heavy atom. The Hall–Kier alpha value is -2.40. The molecule has 0 saturated carbocycles. The quantitative estimate of drug-likeness (QED) is 0.705. The number of fused-ring (bicyclic) bond motifs is 1. The van der Waals surface area contributed by atoms with Crippen molar-refractivity contribution in [3.63, 3.8) is 0 Å². The Morgan fingerprint density at radius 1 is 1.26 bits per heavy atom. The molecule has 1 saturated heterocycles. The van der Waals surface area contributed by atoms with E-state index in [1.54, 1.807) is 26.8 Å². The van der Waals surface area contributed by atoms with Gasteiger partial charge < -0.3 is 5.32 Å². The molecule has 0 radical (unpaired) electrons. The highest BCUT2D eigenvalue weighted by Crippen LogP contribution is 2.35. The van der Waals surface area contributed by atoms with Crippen molar-refractivity contribution in [2.45, 2.75) is 50.6 Å². The number of sulfone groups is 1.